The number of hydrogen-bond donors (Lipinski definition) is 1. The first-order valence-corrected chi connectivity index (χ1v) is 9.17. The Bertz CT molecular complexity index is 925. The lowest BCUT2D eigenvalue weighted by Gasteiger charge is -2.11. The zero-order chi connectivity index (χ0) is 19.8. The number of rotatable bonds is 9. The number of benzene rings is 2. The Balaban J connectivity index is 1.48. The summed E-state index contributed by atoms with van der Waals surface area (Å²) in [5.41, 5.74) is 1.48. The van der Waals surface area contributed by atoms with Crippen molar-refractivity contribution in [3.05, 3.63) is 54.4 Å². The Labute approximate surface area is 163 Å². The average molecular weight is 381 g/mol. The Kier molecular flexibility index (Phi) is 6.56. The van der Waals surface area contributed by atoms with Gasteiger partial charge >= 0.3 is 0 Å². The molecule has 0 aliphatic carbocycles. The first-order valence-electron chi connectivity index (χ1n) is 9.17. The average Bonchev–Trinajstić information content (AvgIpc) is 3.13. The number of carbonyl (C=O) groups is 1. The third kappa shape index (κ3) is 5.06. The van der Waals surface area contributed by atoms with Crippen LogP contribution in [0, 0.1) is 6.92 Å². The summed E-state index contributed by atoms with van der Waals surface area (Å²) < 4.78 is 12.9. The number of aryl methyl sites for hydroxylation is 1. The molecule has 0 aliphatic rings. The van der Waals surface area contributed by atoms with E-state index in [0.29, 0.717) is 49.1 Å². The molecule has 0 unspecified atom stereocenters. The van der Waals surface area contributed by atoms with Gasteiger partial charge in [0, 0.05) is 12.1 Å². The summed E-state index contributed by atoms with van der Waals surface area (Å²) in [7, 11) is 0. The Morgan fingerprint density at radius 2 is 1.89 bits per heavy atom. The maximum absolute atomic E-state index is 12.2. The summed E-state index contributed by atoms with van der Waals surface area (Å²) in [6.45, 7) is 4.75. The van der Waals surface area contributed by atoms with Crippen LogP contribution in [0.1, 0.15) is 25.6 Å². The topological polar surface area (TPSA) is 91.2 Å². The lowest BCUT2D eigenvalue weighted by Crippen LogP contribution is -2.13. The number of amides is 1. The third-order valence-electron chi connectivity index (χ3n) is 3.95. The van der Waals surface area contributed by atoms with E-state index in [2.05, 4.69) is 20.8 Å². The molecule has 3 aromatic rings. The molecule has 8 nitrogen and oxygen atoms in total. The quantitative estimate of drug-likeness (QED) is 0.573. The van der Waals surface area contributed by atoms with Crippen LogP contribution < -0.4 is 14.8 Å². The third-order valence-corrected chi connectivity index (χ3v) is 3.95. The van der Waals surface area contributed by atoms with Crippen molar-refractivity contribution in [3.8, 4) is 17.2 Å². The van der Waals surface area contributed by atoms with E-state index in [9.17, 15) is 4.79 Å². The maximum atomic E-state index is 12.2. The van der Waals surface area contributed by atoms with E-state index in [1.54, 1.807) is 4.68 Å². The van der Waals surface area contributed by atoms with Crippen LogP contribution in [0.15, 0.2) is 48.5 Å². The van der Waals surface area contributed by atoms with Gasteiger partial charge < -0.3 is 14.8 Å². The van der Waals surface area contributed by atoms with Gasteiger partial charge in [-0.2, -0.15) is 4.68 Å². The van der Waals surface area contributed by atoms with Gasteiger partial charge in [0.25, 0.3) is 0 Å². The zero-order valence-corrected chi connectivity index (χ0v) is 16.0. The number of aromatic nitrogens is 4. The van der Waals surface area contributed by atoms with Crippen molar-refractivity contribution in [3.63, 3.8) is 0 Å². The van der Waals surface area contributed by atoms with Crippen LogP contribution in [0.25, 0.3) is 5.69 Å². The second-order valence-electron chi connectivity index (χ2n) is 6.07. The van der Waals surface area contributed by atoms with Crippen LogP contribution in [0.5, 0.6) is 11.5 Å². The lowest BCUT2D eigenvalue weighted by molar-refractivity contribution is -0.116. The number of carbonyl (C=O) groups excluding carboxylic acids is 1. The highest BCUT2D eigenvalue weighted by molar-refractivity contribution is 5.90. The number of nitrogens with zero attached hydrogens (tertiary/aromatic N) is 4. The van der Waals surface area contributed by atoms with Gasteiger partial charge in [-0.1, -0.05) is 18.2 Å². The molecule has 1 heterocycles. The summed E-state index contributed by atoms with van der Waals surface area (Å²) in [5.74, 6) is 2.00. The molecule has 0 saturated heterocycles. The van der Waals surface area contributed by atoms with E-state index in [0.717, 1.165) is 5.69 Å². The predicted octanol–water partition coefficient (Wildman–Crippen LogP) is 3.17. The minimum atomic E-state index is -0.0766. The van der Waals surface area contributed by atoms with E-state index in [1.807, 2.05) is 62.4 Å². The van der Waals surface area contributed by atoms with Crippen molar-refractivity contribution in [2.75, 3.05) is 18.5 Å². The maximum Gasteiger partial charge on any atom is 0.224 e. The molecule has 0 saturated carbocycles. The van der Waals surface area contributed by atoms with E-state index in [1.165, 1.54) is 0 Å². The molecule has 0 fully saturated rings. The number of tetrazole rings is 1. The fraction of sp³-hybridized carbons (Fsp3) is 0.300. The molecule has 2 aromatic carbocycles. The van der Waals surface area contributed by atoms with Crippen LogP contribution in [0.2, 0.25) is 0 Å². The molecule has 0 bridgehead atoms. The Morgan fingerprint density at radius 1 is 1.11 bits per heavy atom. The zero-order valence-electron chi connectivity index (χ0n) is 16.0. The molecule has 8 heteroatoms. The van der Waals surface area contributed by atoms with Crippen molar-refractivity contribution in [2.24, 2.45) is 0 Å². The van der Waals surface area contributed by atoms with Crippen molar-refractivity contribution in [2.45, 2.75) is 26.7 Å². The smallest absolute Gasteiger partial charge is 0.224 e. The van der Waals surface area contributed by atoms with Gasteiger partial charge in [0.15, 0.2) is 17.3 Å². The van der Waals surface area contributed by atoms with Gasteiger partial charge in [-0.05, 0) is 61.0 Å². The first-order chi connectivity index (χ1) is 13.7. The molecule has 28 heavy (non-hydrogen) atoms. The summed E-state index contributed by atoms with van der Waals surface area (Å²) in [6.07, 6.45) is 0.947. The Morgan fingerprint density at radius 3 is 2.61 bits per heavy atom. The van der Waals surface area contributed by atoms with Crippen LogP contribution >= 0.6 is 0 Å². The second-order valence-corrected chi connectivity index (χ2v) is 6.07. The monoisotopic (exact) mass is 381 g/mol. The highest BCUT2D eigenvalue weighted by Crippen LogP contribution is 2.26. The molecule has 0 radical (unpaired) electrons. The van der Waals surface area contributed by atoms with Crippen LogP contribution in [-0.2, 0) is 4.79 Å². The van der Waals surface area contributed by atoms with E-state index in [-0.39, 0.29) is 5.91 Å². The second kappa shape index (κ2) is 9.50. The van der Waals surface area contributed by atoms with Crippen LogP contribution in [-0.4, -0.2) is 39.3 Å². The molecule has 0 atom stereocenters. The number of ether oxygens (including phenoxy) is 2. The minimum Gasteiger partial charge on any atom is -0.490 e. The molecule has 146 valence electrons. The van der Waals surface area contributed by atoms with E-state index in [4.69, 9.17) is 9.47 Å². The lowest BCUT2D eigenvalue weighted by atomic mass is 10.2. The van der Waals surface area contributed by atoms with Gasteiger partial charge in [0.05, 0.1) is 18.9 Å². The molecule has 1 N–H and O–H groups in total. The molecule has 0 aliphatic heterocycles. The number of nitrogens with one attached hydrogen (secondary N) is 1. The van der Waals surface area contributed by atoms with Gasteiger partial charge in [0.2, 0.25) is 5.91 Å². The van der Waals surface area contributed by atoms with Gasteiger partial charge in [0.1, 0.15) is 0 Å². The van der Waals surface area contributed by atoms with Crippen molar-refractivity contribution >= 4 is 11.6 Å². The molecule has 1 amide bonds. The Hall–Kier alpha value is -3.42. The van der Waals surface area contributed by atoms with Crippen LogP contribution in [0.4, 0.5) is 5.69 Å². The van der Waals surface area contributed by atoms with Crippen molar-refractivity contribution < 1.29 is 14.3 Å². The molecule has 3 rings (SSSR count). The molecular formula is C20H23N5O3. The summed E-state index contributed by atoms with van der Waals surface area (Å²) in [6, 6.07) is 14.9. The van der Waals surface area contributed by atoms with Gasteiger partial charge in [-0.3, -0.25) is 4.79 Å². The molecule has 0 spiro atoms. The van der Waals surface area contributed by atoms with Crippen molar-refractivity contribution in [1.82, 2.24) is 20.2 Å². The van der Waals surface area contributed by atoms with Crippen LogP contribution in [0.3, 0.4) is 0 Å². The number of hydrogen-bond acceptors (Lipinski definition) is 6. The molecular weight excluding hydrogens is 358 g/mol. The van der Waals surface area contributed by atoms with E-state index >= 15 is 0 Å². The standard InChI is InChI=1S/C20H23N5O3/c1-3-27-18-10-4-5-11-19(18)28-13-7-12-20(26)21-16-8-6-9-17(14-16)25-15(2)22-23-24-25/h4-6,8-11,14H,3,7,12-13H2,1-2H3,(H,21,26). The normalized spacial score (nSPS) is 10.5. The SMILES string of the molecule is CCOc1ccccc1OCCCC(=O)Nc1cccc(-n2nnnc2C)c1. The van der Waals surface area contributed by atoms with Crippen molar-refractivity contribution in [1.29, 1.82) is 0 Å². The number of para-hydroxylation sites is 2. The summed E-state index contributed by atoms with van der Waals surface area (Å²) in [4.78, 5) is 12.2. The van der Waals surface area contributed by atoms with Gasteiger partial charge in [-0.15, -0.1) is 5.10 Å². The van der Waals surface area contributed by atoms with Gasteiger partial charge in [-0.25, -0.2) is 0 Å². The summed E-state index contributed by atoms with van der Waals surface area (Å²) >= 11 is 0. The largest absolute Gasteiger partial charge is 0.490 e. The fourth-order valence-corrected chi connectivity index (χ4v) is 2.67. The summed E-state index contributed by atoms with van der Waals surface area (Å²) in [5, 5.41) is 14.3. The number of anilines is 1. The fourth-order valence-electron chi connectivity index (χ4n) is 2.67. The predicted molar refractivity (Wildman–Crippen MR) is 105 cm³/mol. The highest BCUT2D eigenvalue weighted by Gasteiger charge is 2.08. The highest BCUT2D eigenvalue weighted by atomic mass is 16.5. The van der Waals surface area contributed by atoms with E-state index < -0.39 is 0 Å². The molecule has 1 aromatic heterocycles. The minimum absolute atomic E-state index is 0.0766. The first kappa shape index (κ1) is 19.3.